The van der Waals surface area contributed by atoms with E-state index < -0.39 is 0 Å². The summed E-state index contributed by atoms with van der Waals surface area (Å²) >= 11 is 0. The number of hydrogen-bond donors (Lipinski definition) is 1. The summed E-state index contributed by atoms with van der Waals surface area (Å²) in [5.74, 6) is 0.807. The average molecular weight is 292 g/mol. The number of benzene rings is 2. The third-order valence-electron chi connectivity index (χ3n) is 3.73. The van der Waals surface area contributed by atoms with Gasteiger partial charge in [-0.3, -0.25) is 4.98 Å². The number of anilines is 1. The number of nitrogens with zero attached hydrogens (tertiary/aromatic N) is 3. The summed E-state index contributed by atoms with van der Waals surface area (Å²) in [7, 11) is 4.18. The summed E-state index contributed by atoms with van der Waals surface area (Å²) in [6.07, 6.45) is 1.79. The molecule has 0 bridgehead atoms. The molecule has 1 aromatic heterocycles. The molecule has 0 fully saturated rings. The first-order chi connectivity index (χ1) is 10.7. The van der Waals surface area contributed by atoms with Gasteiger partial charge in [0, 0.05) is 6.54 Å². The average Bonchev–Trinajstić information content (AvgIpc) is 2.55. The van der Waals surface area contributed by atoms with E-state index in [9.17, 15) is 0 Å². The molecule has 1 atom stereocenters. The summed E-state index contributed by atoms with van der Waals surface area (Å²) < 4.78 is 0. The lowest BCUT2D eigenvalue weighted by molar-refractivity contribution is 0.311. The lowest BCUT2D eigenvalue weighted by atomic mass is 10.1. The van der Waals surface area contributed by atoms with Crippen molar-refractivity contribution >= 4 is 16.9 Å². The van der Waals surface area contributed by atoms with Crippen LogP contribution >= 0.6 is 0 Å². The van der Waals surface area contributed by atoms with Crippen LogP contribution in [0, 0.1) is 0 Å². The zero-order valence-electron chi connectivity index (χ0n) is 12.9. The van der Waals surface area contributed by atoms with Crippen molar-refractivity contribution in [3.8, 4) is 0 Å². The molecule has 0 amide bonds. The summed E-state index contributed by atoms with van der Waals surface area (Å²) in [6.45, 7) is 0.782. The van der Waals surface area contributed by atoms with Gasteiger partial charge in [-0.2, -0.15) is 0 Å². The highest BCUT2D eigenvalue weighted by Crippen LogP contribution is 2.19. The monoisotopic (exact) mass is 292 g/mol. The van der Waals surface area contributed by atoms with Crippen molar-refractivity contribution in [1.29, 1.82) is 0 Å². The fourth-order valence-electron chi connectivity index (χ4n) is 2.52. The predicted molar refractivity (Wildman–Crippen MR) is 90.9 cm³/mol. The third kappa shape index (κ3) is 3.23. The van der Waals surface area contributed by atoms with E-state index >= 15 is 0 Å². The second-order valence-corrected chi connectivity index (χ2v) is 5.51. The second kappa shape index (κ2) is 6.54. The van der Waals surface area contributed by atoms with Crippen molar-refractivity contribution in [2.75, 3.05) is 26.0 Å². The number of aromatic nitrogens is 2. The molecule has 1 heterocycles. The highest BCUT2D eigenvalue weighted by Gasteiger charge is 2.13. The Kier molecular flexibility index (Phi) is 4.30. The van der Waals surface area contributed by atoms with E-state index in [1.54, 1.807) is 6.20 Å². The van der Waals surface area contributed by atoms with E-state index in [4.69, 9.17) is 0 Å². The molecule has 0 aliphatic heterocycles. The van der Waals surface area contributed by atoms with E-state index in [2.05, 4.69) is 58.5 Å². The summed E-state index contributed by atoms with van der Waals surface area (Å²) in [5, 5.41) is 3.40. The van der Waals surface area contributed by atoms with Gasteiger partial charge in [-0.25, -0.2) is 4.98 Å². The molecule has 4 heteroatoms. The number of likely N-dealkylation sites (N-methyl/N-ethyl adjacent to an activating group) is 1. The predicted octanol–water partition coefficient (Wildman–Crippen LogP) is 3.34. The molecule has 22 heavy (non-hydrogen) atoms. The first-order valence-corrected chi connectivity index (χ1v) is 7.41. The summed E-state index contributed by atoms with van der Waals surface area (Å²) in [6, 6.07) is 18.7. The van der Waals surface area contributed by atoms with Gasteiger partial charge in [0.15, 0.2) is 0 Å². The Labute approximate surface area is 130 Å². The maximum absolute atomic E-state index is 4.61. The van der Waals surface area contributed by atoms with Crippen molar-refractivity contribution in [3.63, 3.8) is 0 Å². The summed E-state index contributed by atoms with van der Waals surface area (Å²) in [4.78, 5) is 11.3. The molecule has 4 nitrogen and oxygen atoms in total. The Morgan fingerprint density at radius 1 is 0.955 bits per heavy atom. The Balaban J connectivity index is 1.76. The molecule has 0 aliphatic rings. The Morgan fingerprint density at radius 3 is 2.36 bits per heavy atom. The van der Waals surface area contributed by atoms with Crippen molar-refractivity contribution < 1.29 is 0 Å². The molecule has 112 valence electrons. The largest absolute Gasteiger partial charge is 0.367 e. The number of rotatable bonds is 5. The van der Waals surface area contributed by atoms with E-state index in [0.29, 0.717) is 0 Å². The second-order valence-electron chi connectivity index (χ2n) is 5.51. The van der Waals surface area contributed by atoms with Gasteiger partial charge in [-0.05, 0) is 31.8 Å². The van der Waals surface area contributed by atoms with Gasteiger partial charge in [0.05, 0.1) is 23.3 Å². The van der Waals surface area contributed by atoms with Gasteiger partial charge in [-0.1, -0.05) is 42.5 Å². The summed E-state index contributed by atoms with van der Waals surface area (Å²) in [5.41, 5.74) is 3.11. The van der Waals surface area contributed by atoms with Crippen LogP contribution in [-0.2, 0) is 0 Å². The van der Waals surface area contributed by atoms with E-state index in [-0.39, 0.29) is 6.04 Å². The molecule has 0 radical (unpaired) electrons. The van der Waals surface area contributed by atoms with E-state index in [0.717, 1.165) is 23.4 Å². The highest BCUT2D eigenvalue weighted by molar-refractivity contribution is 5.75. The molecular weight excluding hydrogens is 272 g/mol. The maximum atomic E-state index is 4.61. The van der Waals surface area contributed by atoms with Crippen LogP contribution in [-0.4, -0.2) is 35.5 Å². The number of fused-ring (bicyclic) bond motifs is 1. The van der Waals surface area contributed by atoms with Crippen molar-refractivity contribution in [1.82, 2.24) is 14.9 Å². The lowest BCUT2D eigenvalue weighted by Gasteiger charge is -2.25. The Hall–Kier alpha value is -2.46. The minimum atomic E-state index is 0.287. The van der Waals surface area contributed by atoms with Crippen molar-refractivity contribution in [2.24, 2.45) is 0 Å². The standard InChI is InChI=1S/C18H20N4/c1-22(2)17(14-8-4-3-5-9-14)12-20-18-13-19-15-10-6-7-11-16(15)21-18/h3-11,13,17H,12H2,1-2H3,(H,20,21). The van der Waals surface area contributed by atoms with Gasteiger partial charge < -0.3 is 10.2 Å². The van der Waals surface area contributed by atoms with Gasteiger partial charge in [0.2, 0.25) is 0 Å². The molecule has 2 aromatic carbocycles. The van der Waals surface area contributed by atoms with Crippen LogP contribution in [0.5, 0.6) is 0 Å². The topological polar surface area (TPSA) is 41.0 Å². The van der Waals surface area contributed by atoms with Gasteiger partial charge in [0.1, 0.15) is 5.82 Å². The third-order valence-corrected chi connectivity index (χ3v) is 3.73. The maximum Gasteiger partial charge on any atom is 0.145 e. The van der Waals surface area contributed by atoms with Crippen LogP contribution < -0.4 is 5.32 Å². The number of hydrogen-bond acceptors (Lipinski definition) is 4. The van der Waals surface area contributed by atoms with Crippen molar-refractivity contribution in [3.05, 3.63) is 66.4 Å². The molecule has 0 saturated carbocycles. The minimum absolute atomic E-state index is 0.287. The van der Waals surface area contributed by atoms with Gasteiger partial charge in [0.25, 0.3) is 0 Å². The quantitative estimate of drug-likeness (QED) is 0.783. The molecular formula is C18H20N4. The molecule has 1 unspecified atom stereocenters. The zero-order chi connectivity index (χ0) is 15.4. The fraction of sp³-hybridized carbons (Fsp3) is 0.222. The SMILES string of the molecule is CN(C)C(CNc1cnc2ccccc2n1)c1ccccc1. The molecule has 0 saturated heterocycles. The van der Waals surface area contributed by atoms with Crippen LogP contribution in [0.1, 0.15) is 11.6 Å². The van der Waals surface area contributed by atoms with Gasteiger partial charge >= 0.3 is 0 Å². The number of nitrogens with one attached hydrogen (secondary N) is 1. The van der Waals surface area contributed by atoms with Crippen LogP contribution in [0.4, 0.5) is 5.82 Å². The Morgan fingerprint density at radius 2 is 1.64 bits per heavy atom. The molecule has 0 spiro atoms. The van der Waals surface area contributed by atoms with E-state index in [1.165, 1.54) is 5.56 Å². The van der Waals surface area contributed by atoms with Crippen LogP contribution in [0.25, 0.3) is 11.0 Å². The van der Waals surface area contributed by atoms with Crippen molar-refractivity contribution in [2.45, 2.75) is 6.04 Å². The first-order valence-electron chi connectivity index (χ1n) is 7.41. The molecule has 1 N–H and O–H groups in total. The number of para-hydroxylation sites is 2. The molecule has 3 rings (SSSR count). The van der Waals surface area contributed by atoms with Crippen LogP contribution in [0.15, 0.2) is 60.8 Å². The molecule has 0 aliphatic carbocycles. The van der Waals surface area contributed by atoms with Crippen LogP contribution in [0.3, 0.4) is 0 Å². The molecule has 3 aromatic rings. The highest BCUT2D eigenvalue weighted by atomic mass is 15.1. The zero-order valence-corrected chi connectivity index (χ0v) is 12.9. The smallest absolute Gasteiger partial charge is 0.145 e. The fourth-order valence-corrected chi connectivity index (χ4v) is 2.52. The lowest BCUT2D eigenvalue weighted by Crippen LogP contribution is -2.27. The Bertz CT molecular complexity index is 740. The van der Waals surface area contributed by atoms with Gasteiger partial charge in [-0.15, -0.1) is 0 Å². The normalized spacial score (nSPS) is 12.5. The first kappa shape index (κ1) is 14.5. The van der Waals surface area contributed by atoms with E-state index in [1.807, 2.05) is 30.3 Å². The van der Waals surface area contributed by atoms with Crippen LogP contribution in [0.2, 0.25) is 0 Å². The minimum Gasteiger partial charge on any atom is -0.367 e.